The summed E-state index contributed by atoms with van der Waals surface area (Å²) in [7, 11) is 1.92. The number of fused-ring (bicyclic) bond motifs is 1. The lowest BCUT2D eigenvalue weighted by Gasteiger charge is -2.17. The molecule has 8 nitrogen and oxygen atoms in total. The van der Waals surface area contributed by atoms with E-state index in [2.05, 4.69) is 15.6 Å². The summed E-state index contributed by atoms with van der Waals surface area (Å²) < 4.78 is 22.1. The van der Waals surface area contributed by atoms with Crippen LogP contribution in [0.15, 0.2) is 54.7 Å². The number of nitrogens with one attached hydrogen (secondary N) is 2. The fourth-order valence-corrected chi connectivity index (χ4v) is 4.06. The lowest BCUT2D eigenvalue weighted by Crippen LogP contribution is -2.33. The summed E-state index contributed by atoms with van der Waals surface area (Å²) in [5, 5.41) is 6.12. The van der Waals surface area contributed by atoms with Crippen LogP contribution < -0.4 is 15.4 Å². The van der Waals surface area contributed by atoms with E-state index in [0.29, 0.717) is 35.4 Å². The quantitative estimate of drug-likeness (QED) is 0.274. The molecule has 2 aromatic heterocycles. The van der Waals surface area contributed by atoms with Crippen LogP contribution >= 0.6 is 0 Å². The average molecular weight is 505 g/mol. The largest absolute Gasteiger partial charge is 0.457 e. The zero-order valence-corrected chi connectivity index (χ0v) is 21.9. The molecule has 2 heterocycles. The maximum absolute atomic E-state index is 14.1. The van der Waals surface area contributed by atoms with Crippen molar-refractivity contribution in [1.29, 1.82) is 0 Å². The Kier molecular flexibility index (Phi) is 8.03. The van der Waals surface area contributed by atoms with Gasteiger partial charge in [-0.25, -0.2) is 14.4 Å². The van der Waals surface area contributed by atoms with Crippen molar-refractivity contribution in [3.63, 3.8) is 0 Å². The maximum Gasteiger partial charge on any atom is 0.239 e. The number of pyridine rings is 1. The lowest BCUT2D eigenvalue weighted by molar-refractivity contribution is -0.117. The van der Waals surface area contributed by atoms with Gasteiger partial charge in [-0.1, -0.05) is 27.7 Å². The molecule has 37 heavy (non-hydrogen) atoms. The van der Waals surface area contributed by atoms with Crippen molar-refractivity contribution in [2.45, 2.75) is 33.6 Å². The Morgan fingerprint density at radius 3 is 2.57 bits per heavy atom. The molecule has 0 atom stereocenters. The number of carbonyl (C=O) groups is 1. The molecule has 4 rings (SSSR count). The number of amides is 1. The normalized spacial score (nSPS) is 11.4. The molecule has 0 spiro atoms. The fourth-order valence-electron chi connectivity index (χ4n) is 4.06. The zero-order chi connectivity index (χ0) is 26.5. The topological polar surface area (TPSA) is 84.3 Å². The van der Waals surface area contributed by atoms with E-state index in [4.69, 9.17) is 9.72 Å². The fraction of sp³-hybridized carbons (Fsp3) is 0.321. The Balaban J connectivity index is 1.49. The first-order valence-electron chi connectivity index (χ1n) is 12.5. The van der Waals surface area contributed by atoms with Gasteiger partial charge in [0, 0.05) is 31.1 Å². The molecule has 0 fully saturated rings. The zero-order valence-electron chi connectivity index (χ0n) is 21.9. The molecule has 0 aliphatic heterocycles. The highest BCUT2D eigenvalue weighted by Crippen LogP contribution is 2.29. The highest BCUT2D eigenvalue weighted by molar-refractivity contribution is 5.91. The van der Waals surface area contributed by atoms with Gasteiger partial charge in [0.15, 0.2) is 0 Å². The van der Waals surface area contributed by atoms with Crippen LogP contribution in [0, 0.1) is 5.82 Å². The van der Waals surface area contributed by atoms with Gasteiger partial charge >= 0.3 is 0 Å². The van der Waals surface area contributed by atoms with Gasteiger partial charge in [0.2, 0.25) is 11.9 Å². The molecule has 2 N–H and O–H groups in total. The van der Waals surface area contributed by atoms with E-state index in [1.807, 2.05) is 68.5 Å². The van der Waals surface area contributed by atoms with E-state index in [9.17, 15) is 9.18 Å². The third kappa shape index (κ3) is 6.24. The number of rotatable bonds is 10. The van der Waals surface area contributed by atoms with Crippen LogP contribution in [-0.2, 0) is 11.8 Å². The monoisotopic (exact) mass is 504 g/mol. The van der Waals surface area contributed by atoms with Gasteiger partial charge in [-0.2, -0.15) is 0 Å². The summed E-state index contributed by atoms with van der Waals surface area (Å²) in [4.78, 5) is 23.3. The lowest BCUT2D eigenvalue weighted by atomic mass is 10.0. The summed E-state index contributed by atoms with van der Waals surface area (Å²) in [6.07, 6.45) is 1.60. The van der Waals surface area contributed by atoms with Crippen LogP contribution in [-0.4, -0.2) is 45.0 Å². The Hall–Kier alpha value is -3.98. The van der Waals surface area contributed by atoms with E-state index in [1.165, 1.54) is 6.07 Å². The summed E-state index contributed by atoms with van der Waals surface area (Å²) in [5.74, 6) is 1.96. The van der Waals surface area contributed by atoms with Gasteiger partial charge in [-0.15, -0.1) is 0 Å². The molecule has 0 unspecified atom stereocenters. The summed E-state index contributed by atoms with van der Waals surface area (Å²) >= 11 is 0. The average Bonchev–Trinajstić information content (AvgIpc) is 3.17. The van der Waals surface area contributed by atoms with E-state index in [0.717, 1.165) is 29.8 Å². The standard InChI is InChI=1S/C28H33FN6O2/c1-6-35(7-2)17-27(36)33-26-16-21(12-13-30-26)37-20-9-11-25-24(15-20)32-28(34(25)5)31-19-8-10-23(29)22(14-19)18(3)4/h8-16,18H,6-7,17H2,1-5H3,(H,31,32)(H,30,33,36). The Morgan fingerprint density at radius 1 is 1.08 bits per heavy atom. The van der Waals surface area contributed by atoms with Crippen LogP contribution in [0.4, 0.5) is 21.8 Å². The number of aryl methyl sites for hydroxylation is 1. The SMILES string of the molecule is CCN(CC)CC(=O)Nc1cc(Oc2ccc3c(c2)nc(Nc2ccc(F)c(C(C)C)c2)n3C)ccn1. The molecule has 194 valence electrons. The van der Waals surface area contributed by atoms with E-state index < -0.39 is 0 Å². The molecular formula is C28H33FN6O2. The number of aromatic nitrogens is 3. The number of anilines is 3. The van der Waals surface area contributed by atoms with Crippen LogP contribution in [0.3, 0.4) is 0 Å². The predicted octanol–water partition coefficient (Wildman–Crippen LogP) is 6.05. The number of hydrogen-bond donors (Lipinski definition) is 2. The number of halogens is 1. The van der Waals surface area contributed by atoms with Crippen molar-refractivity contribution in [1.82, 2.24) is 19.4 Å². The third-order valence-electron chi connectivity index (χ3n) is 6.22. The van der Waals surface area contributed by atoms with E-state index >= 15 is 0 Å². The first-order chi connectivity index (χ1) is 17.8. The molecule has 0 saturated heterocycles. The van der Waals surface area contributed by atoms with Gasteiger partial charge in [0.25, 0.3) is 0 Å². The second-order valence-electron chi connectivity index (χ2n) is 9.15. The van der Waals surface area contributed by atoms with Crippen molar-refractivity contribution in [2.75, 3.05) is 30.3 Å². The first-order valence-corrected chi connectivity index (χ1v) is 12.5. The number of ether oxygens (including phenoxy) is 1. The summed E-state index contributed by atoms with van der Waals surface area (Å²) in [6, 6.07) is 14.1. The second-order valence-corrected chi connectivity index (χ2v) is 9.15. The number of nitrogens with zero attached hydrogens (tertiary/aromatic N) is 4. The van der Waals surface area contributed by atoms with Crippen LogP contribution in [0.1, 0.15) is 39.2 Å². The molecule has 2 aromatic carbocycles. The third-order valence-corrected chi connectivity index (χ3v) is 6.22. The molecule has 0 aliphatic carbocycles. The number of hydrogen-bond acceptors (Lipinski definition) is 6. The molecular weight excluding hydrogens is 471 g/mol. The van der Waals surface area contributed by atoms with Crippen LogP contribution in [0.2, 0.25) is 0 Å². The molecule has 0 saturated carbocycles. The molecule has 9 heteroatoms. The minimum Gasteiger partial charge on any atom is -0.457 e. The summed E-state index contributed by atoms with van der Waals surface area (Å²) in [5.41, 5.74) is 3.09. The molecule has 4 aromatic rings. The van der Waals surface area contributed by atoms with Crippen molar-refractivity contribution in [3.05, 3.63) is 66.1 Å². The van der Waals surface area contributed by atoms with Gasteiger partial charge in [0.1, 0.15) is 23.1 Å². The Morgan fingerprint density at radius 2 is 1.84 bits per heavy atom. The number of benzene rings is 2. The smallest absolute Gasteiger partial charge is 0.239 e. The van der Waals surface area contributed by atoms with Gasteiger partial charge < -0.3 is 19.9 Å². The van der Waals surface area contributed by atoms with Gasteiger partial charge in [-0.3, -0.25) is 9.69 Å². The van der Waals surface area contributed by atoms with Crippen LogP contribution in [0.5, 0.6) is 11.5 Å². The minimum absolute atomic E-state index is 0.0753. The van der Waals surface area contributed by atoms with Gasteiger partial charge in [0.05, 0.1) is 17.6 Å². The van der Waals surface area contributed by atoms with Crippen molar-refractivity contribution in [3.8, 4) is 11.5 Å². The first kappa shape index (κ1) is 26.1. The predicted molar refractivity (Wildman–Crippen MR) is 145 cm³/mol. The van der Waals surface area contributed by atoms with Crippen molar-refractivity contribution < 1.29 is 13.9 Å². The highest BCUT2D eigenvalue weighted by atomic mass is 19.1. The van der Waals surface area contributed by atoms with Crippen molar-refractivity contribution in [2.24, 2.45) is 7.05 Å². The maximum atomic E-state index is 14.1. The number of imidazole rings is 1. The molecule has 0 bridgehead atoms. The highest BCUT2D eigenvalue weighted by Gasteiger charge is 2.13. The number of likely N-dealkylation sites (N-methyl/N-ethyl adjacent to an activating group) is 1. The van der Waals surface area contributed by atoms with E-state index in [1.54, 1.807) is 24.4 Å². The van der Waals surface area contributed by atoms with E-state index in [-0.39, 0.29) is 17.6 Å². The Labute approximate surface area is 216 Å². The minimum atomic E-state index is -0.213. The molecule has 0 aliphatic rings. The molecule has 0 radical (unpaired) electrons. The van der Waals surface area contributed by atoms with Crippen molar-refractivity contribution >= 4 is 34.4 Å². The number of carbonyl (C=O) groups excluding carboxylic acids is 1. The Bertz CT molecular complexity index is 1400. The van der Waals surface area contributed by atoms with Gasteiger partial charge in [-0.05, 0) is 61.0 Å². The molecule has 1 amide bonds. The van der Waals surface area contributed by atoms with Crippen LogP contribution in [0.25, 0.3) is 11.0 Å². The summed E-state index contributed by atoms with van der Waals surface area (Å²) in [6.45, 7) is 9.88. The second kappa shape index (κ2) is 11.4.